The molecule has 0 saturated carbocycles. The third-order valence-corrected chi connectivity index (χ3v) is 12.4. The number of methoxy groups -OCH3 is 2. The van der Waals surface area contributed by atoms with Gasteiger partial charge in [-0.3, -0.25) is 0 Å². The summed E-state index contributed by atoms with van der Waals surface area (Å²) in [7, 11) is 2.17. The summed E-state index contributed by atoms with van der Waals surface area (Å²) in [6.07, 6.45) is 0. The Balaban J connectivity index is 1.36. The molecule has 6 aromatic carbocycles. The molecule has 1 aliphatic heterocycles. The molecule has 2 aliphatic rings. The van der Waals surface area contributed by atoms with E-state index in [1.807, 2.05) is 0 Å². The van der Waals surface area contributed by atoms with Crippen LogP contribution < -0.4 is 9.47 Å². The van der Waals surface area contributed by atoms with E-state index in [-0.39, 0.29) is 10.8 Å². The smallest absolute Gasteiger partial charge is 0.118 e. The topological polar surface area (TPSA) is 35.5 Å². The van der Waals surface area contributed by atoms with Crippen LogP contribution >= 0.6 is 0 Å². The Kier molecular flexibility index (Phi) is 7.70. The van der Waals surface area contributed by atoms with Crippen molar-refractivity contribution in [2.24, 2.45) is 0 Å². The van der Waals surface area contributed by atoms with Gasteiger partial charge in [-0.25, -0.2) is 4.21 Å². The van der Waals surface area contributed by atoms with Crippen molar-refractivity contribution in [2.75, 3.05) is 14.2 Å². The molecule has 4 heteroatoms. The fraction of sp³-hybridized carbons (Fsp3) is 0.234. The fourth-order valence-electron chi connectivity index (χ4n) is 8.00. The van der Waals surface area contributed by atoms with Crippen LogP contribution in [0, 0.1) is 0 Å². The second-order valence-corrected chi connectivity index (χ2v) is 17.3. The first-order valence-corrected chi connectivity index (χ1v) is 18.8. The minimum absolute atomic E-state index is 0.0188. The van der Waals surface area contributed by atoms with E-state index in [1.165, 1.54) is 33.4 Å². The molecule has 6 aromatic rings. The van der Waals surface area contributed by atoms with E-state index in [0.717, 1.165) is 54.7 Å². The van der Waals surface area contributed by atoms with Crippen molar-refractivity contribution >= 4 is 10.8 Å². The Bertz CT molecular complexity index is 2310. The molecule has 0 aromatic heterocycles. The van der Waals surface area contributed by atoms with Crippen LogP contribution in [0.15, 0.2) is 131 Å². The minimum atomic E-state index is -1.25. The van der Waals surface area contributed by atoms with E-state index in [4.69, 9.17) is 9.47 Å². The van der Waals surface area contributed by atoms with Gasteiger partial charge in [0.2, 0.25) is 0 Å². The van der Waals surface area contributed by atoms with E-state index in [1.54, 1.807) is 14.2 Å². The average molecular weight is 689 g/mol. The Morgan fingerprint density at radius 1 is 0.471 bits per heavy atom. The predicted molar refractivity (Wildman–Crippen MR) is 210 cm³/mol. The number of hydrogen-bond donors (Lipinski definition) is 0. The highest BCUT2D eigenvalue weighted by atomic mass is 32.2. The summed E-state index contributed by atoms with van der Waals surface area (Å²) in [6.45, 7) is 13.4. The Morgan fingerprint density at radius 3 is 1.39 bits per heavy atom. The lowest BCUT2D eigenvalue weighted by Gasteiger charge is -2.35. The Hall–Kier alpha value is -4.93. The highest BCUT2D eigenvalue weighted by Gasteiger charge is 2.47. The number of rotatable bonds is 5. The molecule has 1 heterocycles. The van der Waals surface area contributed by atoms with Gasteiger partial charge in [0.05, 0.1) is 40.2 Å². The zero-order valence-corrected chi connectivity index (χ0v) is 31.5. The van der Waals surface area contributed by atoms with Crippen LogP contribution in [-0.4, -0.2) is 18.4 Å². The van der Waals surface area contributed by atoms with E-state index < -0.39 is 16.2 Å². The number of fused-ring (bicyclic) bond motifs is 6. The van der Waals surface area contributed by atoms with Gasteiger partial charge in [0.15, 0.2) is 0 Å². The van der Waals surface area contributed by atoms with Crippen LogP contribution in [0.4, 0.5) is 0 Å². The molecule has 0 N–H and O–H groups in total. The SMILES string of the molecule is COc1ccc(C2(c3ccc(OC)cc3)c3cc(-c4ccc5c(c4)S(=O)c4cc(C(C)(C)C)ccc4-5)ccc3-c3ccc(C(C)(C)C)cc32)cc1. The lowest BCUT2D eigenvalue weighted by atomic mass is 9.66. The predicted octanol–water partition coefficient (Wildman–Crippen LogP) is 11.5. The van der Waals surface area contributed by atoms with Gasteiger partial charge >= 0.3 is 0 Å². The second-order valence-electron chi connectivity index (χ2n) is 15.9. The fourth-order valence-corrected chi connectivity index (χ4v) is 9.46. The number of hydrogen-bond acceptors (Lipinski definition) is 3. The molecule has 8 rings (SSSR count). The van der Waals surface area contributed by atoms with Crippen molar-refractivity contribution < 1.29 is 13.7 Å². The molecule has 1 atom stereocenters. The summed E-state index contributed by atoms with van der Waals surface area (Å²) >= 11 is 0. The van der Waals surface area contributed by atoms with Gasteiger partial charge in [0.1, 0.15) is 11.5 Å². The standard InChI is InChI=1S/C47H44O3S/c1-45(2,3)33-15-23-38-37-21-9-29(30-10-22-39-40-24-16-34(46(4,5)6)28-44(40)51(48)43(39)26-30)25-41(37)47(42(38)27-33,31-11-17-35(49-7)18-12-31)32-13-19-36(50-8)20-14-32/h9-28H,1-8H3. The first kappa shape index (κ1) is 33.2. The van der Waals surface area contributed by atoms with Crippen molar-refractivity contribution in [1.82, 2.24) is 0 Å². The zero-order chi connectivity index (χ0) is 35.9. The van der Waals surface area contributed by atoms with Gasteiger partial charge in [-0.1, -0.05) is 120 Å². The van der Waals surface area contributed by atoms with Gasteiger partial charge in [0.25, 0.3) is 0 Å². The van der Waals surface area contributed by atoms with Crippen LogP contribution in [0.3, 0.4) is 0 Å². The van der Waals surface area contributed by atoms with Crippen LogP contribution in [0.1, 0.15) is 74.9 Å². The third kappa shape index (κ3) is 5.18. The van der Waals surface area contributed by atoms with E-state index in [0.29, 0.717) is 0 Å². The van der Waals surface area contributed by atoms with Gasteiger partial charge < -0.3 is 9.47 Å². The molecule has 256 valence electrons. The maximum absolute atomic E-state index is 14.1. The molecule has 0 radical (unpaired) electrons. The van der Waals surface area contributed by atoms with Crippen molar-refractivity contribution in [2.45, 2.75) is 67.6 Å². The third-order valence-electron chi connectivity index (χ3n) is 10.9. The number of benzene rings is 6. The lowest BCUT2D eigenvalue weighted by molar-refractivity contribution is 0.414. The largest absolute Gasteiger partial charge is 0.497 e. The molecular formula is C47H44O3S. The molecule has 0 fully saturated rings. The first-order chi connectivity index (χ1) is 24.3. The molecular weight excluding hydrogens is 645 g/mol. The molecule has 0 bridgehead atoms. The second kappa shape index (κ2) is 11.8. The summed E-state index contributed by atoms with van der Waals surface area (Å²) in [6, 6.07) is 43.9. The van der Waals surface area contributed by atoms with Crippen LogP contribution in [0.25, 0.3) is 33.4 Å². The van der Waals surface area contributed by atoms with Crippen LogP contribution in [0.5, 0.6) is 11.5 Å². The molecule has 1 aliphatic carbocycles. The maximum Gasteiger partial charge on any atom is 0.118 e. The van der Waals surface area contributed by atoms with E-state index >= 15 is 0 Å². The Morgan fingerprint density at radius 2 is 0.882 bits per heavy atom. The normalized spacial score (nSPS) is 15.5. The first-order valence-electron chi connectivity index (χ1n) is 17.6. The molecule has 51 heavy (non-hydrogen) atoms. The highest BCUT2D eigenvalue weighted by molar-refractivity contribution is 7.85. The summed E-state index contributed by atoms with van der Waals surface area (Å²) in [4.78, 5) is 1.79. The summed E-state index contributed by atoms with van der Waals surface area (Å²) in [5.74, 6) is 1.64. The maximum atomic E-state index is 14.1. The van der Waals surface area contributed by atoms with Crippen molar-refractivity contribution in [3.8, 4) is 44.9 Å². The molecule has 3 nitrogen and oxygen atoms in total. The number of ether oxygens (including phenoxy) is 2. The zero-order valence-electron chi connectivity index (χ0n) is 30.7. The van der Waals surface area contributed by atoms with Crippen molar-refractivity contribution in [3.63, 3.8) is 0 Å². The molecule has 0 saturated heterocycles. The highest BCUT2D eigenvalue weighted by Crippen LogP contribution is 2.58. The van der Waals surface area contributed by atoms with Gasteiger partial charge in [0, 0.05) is 0 Å². The van der Waals surface area contributed by atoms with Crippen molar-refractivity contribution in [1.29, 1.82) is 0 Å². The summed E-state index contributed by atoms with van der Waals surface area (Å²) in [5, 5.41) is 0. The van der Waals surface area contributed by atoms with Crippen LogP contribution in [-0.2, 0) is 27.0 Å². The average Bonchev–Trinajstić information content (AvgIpc) is 3.58. The van der Waals surface area contributed by atoms with Gasteiger partial charge in [-0.05, 0) is 120 Å². The van der Waals surface area contributed by atoms with Gasteiger partial charge in [-0.15, -0.1) is 0 Å². The van der Waals surface area contributed by atoms with E-state index in [9.17, 15) is 4.21 Å². The minimum Gasteiger partial charge on any atom is -0.497 e. The molecule has 0 spiro atoms. The molecule has 1 unspecified atom stereocenters. The quantitative estimate of drug-likeness (QED) is 0.181. The van der Waals surface area contributed by atoms with Crippen LogP contribution in [0.2, 0.25) is 0 Å². The van der Waals surface area contributed by atoms with Gasteiger partial charge in [-0.2, -0.15) is 0 Å². The molecule has 0 amide bonds. The van der Waals surface area contributed by atoms with Crippen molar-refractivity contribution in [3.05, 3.63) is 155 Å². The summed E-state index contributed by atoms with van der Waals surface area (Å²) in [5.41, 5.74) is 13.3. The lowest BCUT2D eigenvalue weighted by Crippen LogP contribution is -2.29. The Labute approximate surface area is 304 Å². The summed E-state index contributed by atoms with van der Waals surface area (Å²) < 4.78 is 25.3. The monoisotopic (exact) mass is 688 g/mol. The van der Waals surface area contributed by atoms with E-state index in [2.05, 4.69) is 163 Å².